The fourth-order valence-corrected chi connectivity index (χ4v) is 1.86. The van der Waals surface area contributed by atoms with E-state index in [4.69, 9.17) is 0 Å². The molecular weight excluding hydrogens is 242 g/mol. The second-order valence-electron chi connectivity index (χ2n) is 4.23. The number of aromatic hydroxyl groups is 1. The lowest BCUT2D eigenvalue weighted by Gasteiger charge is -2.25. The number of aromatic nitrogens is 1. The zero-order chi connectivity index (χ0) is 12.3. The zero-order valence-electron chi connectivity index (χ0n) is 10.4. The van der Waals surface area contributed by atoms with E-state index in [1.54, 1.807) is 10.8 Å². The van der Waals surface area contributed by atoms with Gasteiger partial charge in [-0.2, -0.15) is 0 Å². The molecule has 0 radical (unpaired) electrons. The fraction of sp³-hybridized carbons (Fsp3) is 0.583. The van der Waals surface area contributed by atoms with E-state index in [-0.39, 0.29) is 42.2 Å². The van der Waals surface area contributed by atoms with Crippen molar-refractivity contribution in [2.75, 3.05) is 6.61 Å². The summed E-state index contributed by atoms with van der Waals surface area (Å²) in [4.78, 5) is 11.3. The van der Waals surface area contributed by atoms with E-state index in [0.29, 0.717) is 12.1 Å². The Balaban J connectivity index is 0.00000256. The molecule has 0 aromatic carbocycles. The standard InChI is InChI=1S/C12H19NO3.ClH/c1-4-9-12(16)11(15)5-6-13(9)10(7-14)8(2)3;/h5-6,8,10,14,16H,4,7H2,1-3H3;1H/t10-;/m0./s1. The Morgan fingerprint density at radius 3 is 2.41 bits per heavy atom. The lowest BCUT2D eigenvalue weighted by atomic mass is 10.0. The van der Waals surface area contributed by atoms with Crippen LogP contribution >= 0.6 is 12.4 Å². The molecule has 0 aliphatic heterocycles. The highest BCUT2D eigenvalue weighted by atomic mass is 35.5. The number of halogens is 1. The monoisotopic (exact) mass is 261 g/mol. The van der Waals surface area contributed by atoms with Gasteiger partial charge in [0.1, 0.15) is 0 Å². The molecule has 0 aliphatic rings. The predicted octanol–water partition coefficient (Wildman–Crippen LogP) is 1.73. The molecule has 0 aliphatic carbocycles. The first-order valence-electron chi connectivity index (χ1n) is 5.56. The average Bonchev–Trinajstić information content (AvgIpc) is 2.24. The molecule has 1 aromatic rings. The molecule has 5 heteroatoms. The third-order valence-electron chi connectivity index (χ3n) is 2.85. The van der Waals surface area contributed by atoms with Gasteiger partial charge in [-0.3, -0.25) is 4.79 Å². The summed E-state index contributed by atoms with van der Waals surface area (Å²) in [6.07, 6.45) is 2.20. The average molecular weight is 262 g/mol. The Labute approximate surface area is 107 Å². The minimum atomic E-state index is -0.367. The number of nitrogens with zero attached hydrogens (tertiary/aromatic N) is 1. The molecule has 0 amide bonds. The van der Waals surface area contributed by atoms with Gasteiger partial charge in [-0.15, -0.1) is 12.4 Å². The van der Waals surface area contributed by atoms with E-state index < -0.39 is 0 Å². The van der Waals surface area contributed by atoms with Gasteiger partial charge < -0.3 is 14.8 Å². The van der Waals surface area contributed by atoms with Crippen LogP contribution in [0, 0.1) is 5.92 Å². The van der Waals surface area contributed by atoms with E-state index >= 15 is 0 Å². The van der Waals surface area contributed by atoms with Crippen LogP contribution in [-0.4, -0.2) is 21.4 Å². The second-order valence-corrected chi connectivity index (χ2v) is 4.23. The first-order valence-corrected chi connectivity index (χ1v) is 5.56. The van der Waals surface area contributed by atoms with Crippen molar-refractivity contribution in [1.29, 1.82) is 0 Å². The summed E-state index contributed by atoms with van der Waals surface area (Å²) < 4.78 is 1.79. The summed E-state index contributed by atoms with van der Waals surface area (Å²) in [6, 6.07) is 1.22. The number of hydrogen-bond donors (Lipinski definition) is 2. The summed E-state index contributed by atoms with van der Waals surface area (Å²) >= 11 is 0. The molecule has 4 nitrogen and oxygen atoms in total. The number of aliphatic hydroxyl groups is 1. The Morgan fingerprint density at radius 1 is 1.41 bits per heavy atom. The number of pyridine rings is 1. The van der Waals surface area contributed by atoms with Gasteiger partial charge >= 0.3 is 0 Å². The van der Waals surface area contributed by atoms with Gasteiger partial charge in [-0.05, 0) is 12.3 Å². The molecule has 1 atom stereocenters. The van der Waals surface area contributed by atoms with Crippen LogP contribution in [0.5, 0.6) is 5.75 Å². The topological polar surface area (TPSA) is 62.5 Å². The SMILES string of the molecule is CCc1c(O)c(=O)ccn1[C@@H](CO)C(C)C.Cl. The molecule has 98 valence electrons. The number of rotatable bonds is 4. The molecule has 2 N–H and O–H groups in total. The van der Waals surface area contributed by atoms with E-state index in [9.17, 15) is 15.0 Å². The van der Waals surface area contributed by atoms with E-state index in [0.717, 1.165) is 0 Å². The number of aliphatic hydroxyl groups excluding tert-OH is 1. The van der Waals surface area contributed by atoms with Gasteiger partial charge in [0.25, 0.3) is 0 Å². The molecule has 17 heavy (non-hydrogen) atoms. The molecule has 1 heterocycles. The Hall–Kier alpha value is -1.00. The van der Waals surface area contributed by atoms with Crippen LogP contribution in [0.15, 0.2) is 17.1 Å². The van der Waals surface area contributed by atoms with Crippen LogP contribution in [-0.2, 0) is 6.42 Å². The maximum Gasteiger partial charge on any atom is 0.223 e. The van der Waals surface area contributed by atoms with Gasteiger partial charge in [-0.25, -0.2) is 0 Å². The largest absolute Gasteiger partial charge is 0.503 e. The van der Waals surface area contributed by atoms with Crippen LogP contribution in [0.4, 0.5) is 0 Å². The minimum Gasteiger partial charge on any atom is -0.503 e. The van der Waals surface area contributed by atoms with Gasteiger partial charge in [0.15, 0.2) is 5.75 Å². The smallest absolute Gasteiger partial charge is 0.223 e. The lowest BCUT2D eigenvalue weighted by Crippen LogP contribution is -2.23. The van der Waals surface area contributed by atoms with Crippen molar-refractivity contribution in [3.63, 3.8) is 0 Å². The van der Waals surface area contributed by atoms with Gasteiger partial charge in [0.05, 0.1) is 18.3 Å². The van der Waals surface area contributed by atoms with Crippen molar-refractivity contribution in [2.24, 2.45) is 5.92 Å². The highest BCUT2D eigenvalue weighted by Gasteiger charge is 2.18. The summed E-state index contributed by atoms with van der Waals surface area (Å²) in [6.45, 7) is 5.86. The van der Waals surface area contributed by atoms with Crippen LogP contribution in [0.3, 0.4) is 0 Å². The van der Waals surface area contributed by atoms with Crippen LogP contribution in [0.2, 0.25) is 0 Å². The Bertz CT molecular complexity index is 415. The van der Waals surface area contributed by atoms with Crippen molar-refractivity contribution in [3.05, 3.63) is 28.2 Å². The third kappa shape index (κ3) is 3.23. The Kier molecular flexibility index (Phi) is 6.27. The van der Waals surface area contributed by atoms with Crippen molar-refractivity contribution >= 4 is 12.4 Å². The third-order valence-corrected chi connectivity index (χ3v) is 2.85. The zero-order valence-corrected chi connectivity index (χ0v) is 11.2. The van der Waals surface area contributed by atoms with Crippen LogP contribution < -0.4 is 5.43 Å². The van der Waals surface area contributed by atoms with Gasteiger partial charge in [-0.1, -0.05) is 20.8 Å². The summed E-state index contributed by atoms with van der Waals surface area (Å²) in [7, 11) is 0. The minimum absolute atomic E-state index is 0. The Morgan fingerprint density at radius 2 is 2.00 bits per heavy atom. The second kappa shape index (κ2) is 6.67. The quantitative estimate of drug-likeness (QED) is 0.868. The number of hydrogen-bond acceptors (Lipinski definition) is 3. The van der Waals surface area contributed by atoms with E-state index in [1.807, 2.05) is 20.8 Å². The van der Waals surface area contributed by atoms with Crippen molar-refractivity contribution in [3.8, 4) is 5.75 Å². The van der Waals surface area contributed by atoms with Crippen LogP contribution in [0.25, 0.3) is 0 Å². The van der Waals surface area contributed by atoms with Crippen molar-refractivity contribution in [2.45, 2.75) is 33.2 Å². The maximum atomic E-state index is 11.3. The molecule has 0 unspecified atom stereocenters. The van der Waals surface area contributed by atoms with E-state index in [1.165, 1.54) is 6.07 Å². The van der Waals surface area contributed by atoms with Crippen molar-refractivity contribution < 1.29 is 10.2 Å². The molecule has 0 saturated heterocycles. The fourth-order valence-electron chi connectivity index (χ4n) is 1.86. The van der Waals surface area contributed by atoms with Gasteiger partial charge in [0, 0.05) is 12.3 Å². The molecule has 0 saturated carbocycles. The molecule has 0 bridgehead atoms. The summed E-state index contributed by atoms with van der Waals surface area (Å²) in [5.74, 6) is 0.0290. The summed E-state index contributed by atoms with van der Waals surface area (Å²) in [5.41, 5.74) is 0.216. The molecule has 1 rings (SSSR count). The molecule has 1 aromatic heterocycles. The molecule has 0 fully saturated rings. The van der Waals surface area contributed by atoms with Gasteiger partial charge in [0.2, 0.25) is 5.43 Å². The lowest BCUT2D eigenvalue weighted by molar-refractivity contribution is 0.189. The highest BCUT2D eigenvalue weighted by molar-refractivity contribution is 5.85. The van der Waals surface area contributed by atoms with Crippen LogP contribution in [0.1, 0.15) is 32.5 Å². The first-order chi connectivity index (χ1) is 7.52. The normalized spacial score (nSPS) is 12.3. The van der Waals surface area contributed by atoms with Crippen molar-refractivity contribution in [1.82, 2.24) is 4.57 Å². The first kappa shape index (κ1) is 16.0. The highest BCUT2D eigenvalue weighted by Crippen LogP contribution is 2.22. The molecular formula is C12H20ClNO3. The maximum absolute atomic E-state index is 11.3. The predicted molar refractivity (Wildman–Crippen MR) is 70.0 cm³/mol. The summed E-state index contributed by atoms with van der Waals surface area (Å²) in [5, 5.41) is 19.0. The molecule has 0 spiro atoms. The van der Waals surface area contributed by atoms with E-state index in [2.05, 4.69) is 0 Å².